The normalized spacial score (nSPS) is 27.5. The summed E-state index contributed by atoms with van der Waals surface area (Å²) < 4.78 is 41.7. The van der Waals surface area contributed by atoms with E-state index in [1.807, 2.05) is 0 Å². The molecule has 2 aliphatic heterocycles. The average Bonchev–Trinajstić information content (AvgIpc) is 3.17. The minimum Gasteiger partial charge on any atom is -0.349 e. The Kier molecular flexibility index (Phi) is 7.11. The van der Waals surface area contributed by atoms with Crippen LogP contribution in [-0.2, 0) is 34.6 Å². The number of hydrogen-bond acceptors (Lipinski definition) is 8. The lowest BCUT2D eigenvalue weighted by Gasteiger charge is -2.41. The van der Waals surface area contributed by atoms with Crippen molar-refractivity contribution in [1.82, 2.24) is 9.55 Å². The zero-order chi connectivity index (χ0) is 24.7. The molecule has 3 heterocycles. The van der Waals surface area contributed by atoms with Crippen molar-refractivity contribution in [3.05, 3.63) is 68.5 Å². The molecule has 2 aromatic rings. The van der Waals surface area contributed by atoms with Gasteiger partial charge in [0, 0.05) is 29.5 Å². The van der Waals surface area contributed by atoms with Crippen LogP contribution in [0, 0.1) is 0 Å². The van der Waals surface area contributed by atoms with Crippen LogP contribution in [0.15, 0.2) is 46.1 Å². The van der Waals surface area contributed by atoms with Gasteiger partial charge in [-0.2, -0.15) is 0 Å². The highest BCUT2D eigenvalue weighted by molar-refractivity contribution is 8.03. The van der Waals surface area contributed by atoms with E-state index in [2.05, 4.69) is 4.98 Å². The molecule has 0 aliphatic carbocycles. The van der Waals surface area contributed by atoms with E-state index in [9.17, 15) is 28.5 Å². The Labute approximate surface area is 196 Å². The van der Waals surface area contributed by atoms with Crippen LogP contribution >= 0.6 is 27.0 Å². The quantitative estimate of drug-likeness (QED) is 0.309. The topological polar surface area (TPSA) is 198 Å². The number of rotatable bonds is 7. The second-order valence-electron chi connectivity index (χ2n) is 7.79. The predicted molar refractivity (Wildman–Crippen MR) is 119 cm³/mol. The van der Waals surface area contributed by atoms with Crippen molar-refractivity contribution in [3.8, 4) is 0 Å². The Morgan fingerprint density at radius 3 is 2.47 bits per heavy atom. The molecule has 2 fully saturated rings. The monoisotopic (exact) mass is 536 g/mol. The first-order valence-corrected chi connectivity index (χ1v) is 14.5. The summed E-state index contributed by atoms with van der Waals surface area (Å²) in [5, 5.41) is 0. The van der Waals surface area contributed by atoms with Gasteiger partial charge in [0.2, 0.25) is 0 Å². The summed E-state index contributed by atoms with van der Waals surface area (Å²) in [6.45, 7) is -0.218. The standard InChI is InChI=1S/C18H22N2O11P2S/c21-16-11(9-34-10-32(23,24)25)7-20(17(22)19-16)15-6-13-14(30-15)8-29-18(31-13,33(26,27)28)12-4-2-1-3-5-12/h1-5,7,13-15H,6,8-10H2,(H,19,21,22)(H2,23,24,25)(H2,26,27,28)/t13-,14-,15-,18-/m1/s1. The molecule has 0 amide bonds. The van der Waals surface area contributed by atoms with Crippen molar-refractivity contribution in [2.45, 2.75) is 36.1 Å². The summed E-state index contributed by atoms with van der Waals surface area (Å²) >= 11 is 0.834. The lowest BCUT2D eigenvalue weighted by molar-refractivity contribution is -0.282. The van der Waals surface area contributed by atoms with E-state index in [-0.39, 0.29) is 29.9 Å². The van der Waals surface area contributed by atoms with E-state index in [4.69, 9.17) is 24.0 Å². The Bertz CT molecular complexity index is 1260. The van der Waals surface area contributed by atoms with E-state index in [0.717, 1.165) is 16.3 Å². The molecule has 0 saturated carbocycles. The molecule has 0 bridgehead atoms. The largest absolute Gasteiger partial charge is 0.389 e. The summed E-state index contributed by atoms with van der Waals surface area (Å²) in [5.41, 5.74) is -4.06. The van der Waals surface area contributed by atoms with Crippen LogP contribution in [0.25, 0.3) is 0 Å². The first-order chi connectivity index (χ1) is 15.9. The fraction of sp³-hybridized carbons (Fsp3) is 0.444. The number of thioether (sulfide) groups is 1. The Morgan fingerprint density at radius 2 is 1.82 bits per heavy atom. The summed E-state index contributed by atoms with van der Waals surface area (Å²) in [7, 11) is -9.23. The SMILES string of the molecule is O=c1[nH]c(=O)n([C@H]2C[C@H]3O[C@](c4ccccc4)(P(=O)(O)O)OC[C@H]3O2)cc1CSCP(=O)(O)O. The first-order valence-electron chi connectivity index (χ1n) is 9.95. The molecule has 4 atom stereocenters. The van der Waals surface area contributed by atoms with Crippen molar-refractivity contribution < 1.29 is 42.9 Å². The molecule has 2 aliphatic rings. The van der Waals surface area contributed by atoms with Crippen LogP contribution in [0.5, 0.6) is 0 Å². The highest BCUT2D eigenvalue weighted by atomic mass is 32.2. The Hall–Kier alpha value is -1.57. The smallest absolute Gasteiger partial charge is 0.349 e. The number of hydrogen-bond donors (Lipinski definition) is 5. The van der Waals surface area contributed by atoms with Gasteiger partial charge < -0.3 is 33.8 Å². The van der Waals surface area contributed by atoms with Gasteiger partial charge in [0.25, 0.3) is 5.56 Å². The second kappa shape index (κ2) is 9.47. The molecular formula is C18H22N2O11P2S. The maximum absolute atomic E-state index is 12.4. The molecule has 5 N–H and O–H groups in total. The van der Waals surface area contributed by atoms with Crippen molar-refractivity contribution in [3.63, 3.8) is 0 Å². The van der Waals surface area contributed by atoms with Crippen LogP contribution in [0.4, 0.5) is 0 Å². The third-order valence-corrected chi connectivity index (χ3v) is 9.18. The highest BCUT2D eigenvalue weighted by Crippen LogP contribution is 2.61. The minimum absolute atomic E-state index is 0.0314. The number of aromatic nitrogens is 2. The number of H-pyrrole nitrogens is 1. The first kappa shape index (κ1) is 25.5. The molecule has 186 valence electrons. The number of fused-ring (bicyclic) bond motifs is 1. The Morgan fingerprint density at radius 1 is 1.12 bits per heavy atom. The van der Waals surface area contributed by atoms with E-state index < -0.39 is 55.9 Å². The van der Waals surface area contributed by atoms with Crippen LogP contribution in [-0.4, -0.2) is 53.4 Å². The maximum atomic E-state index is 12.4. The van der Waals surface area contributed by atoms with Crippen molar-refractivity contribution in [2.24, 2.45) is 0 Å². The molecule has 2 saturated heterocycles. The lowest BCUT2D eigenvalue weighted by Crippen LogP contribution is -2.48. The summed E-state index contributed by atoms with van der Waals surface area (Å²) in [6.07, 6.45) is -1.23. The van der Waals surface area contributed by atoms with Crippen molar-refractivity contribution in [2.75, 3.05) is 12.1 Å². The van der Waals surface area contributed by atoms with Crippen molar-refractivity contribution in [1.29, 1.82) is 0 Å². The number of benzene rings is 1. The summed E-state index contributed by atoms with van der Waals surface area (Å²) in [4.78, 5) is 64.8. The number of nitrogens with zero attached hydrogens (tertiary/aromatic N) is 1. The fourth-order valence-electron chi connectivity index (χ4n) is 3.82. The van der Waals surface area contributed by atoms with Crippen LogP contribution in [0.2, 0.25) is 0 Å². The number of ether oxygens (including phenoxy) is 3. The van der Waals surface area contributed by atoms with Gasteiger partial charge in [0.15, 0.2) is 0 Å². The van der Waals surface area contributed by atoms with Gasteiger partial charge in [-0.15, -0.1) is 11.8 Å². The second-order valence-corrected chi connectivity index (χ2v) is 12.5. The predicted octanol–water partition coefficient (Wildman–Crippen LogP) is 0.596. The number of aromatic amines is 1. The van der Waals surface area contributed by atoms with Gasteiger partial charge in [-0.25, -0.2) is 4.79 Å². The Balaban J connectivity index is 1.57. The molecular weight excluding hydrogens is 514 g/mol. The van der Waals surface area contributed by atoms with E-state index in [1.54, 1.807) is 18.2 Å². The van der Waals surface area contributed by atoms with Gasteiger partial charge >= 0.3 is 26.4 Å². The van der Waals surface area contributed by atoms with Gasteiger partial charge in [0.05, 0.1) is 18.2 Å². The van der Waals surface area contributed by atoms with Crippen LogP contribution in [0.3, 0.4) is 0 Å². The fourth-order valence-corrected chi connectivity index (χ4v) is 6.56. The molecule has 1 aromatic heterocycles. The van der Waals surface area contributed by atoms with E-state index in [0.29, 0.717) is 0 Å². The van der Waals surface area contributed by atoms with Crippen molar-refractivity contribution >= 4 is 27.0 Å². The number of nitrogens with one attached hydrogen (secondary N) is 1. The van der Waals surface area contributed by atoms with Crippen LogP contribution < -0.4 is 11.2 Å². The molecule has 16 heteroatoms. The molecule has 1 aromatic carbocycles. The zero-order valence-electron chi connectivity index (χ0n) is 17.4. The summed E-state index contributed by atoms with van der Waals surface area (Å²) in [6, 6.07) is 7.80. The zero-order valence-corrected chi connectivity index (χ0v) is 20.0. The highest BCUT2D eigenvalue weighted by Gasteiger charge is 2.59. The minimum atomic E-state index is -4.97. The van der Waals surface area contributed by atoms with Crippen LogP contribution in [0.1, 0.15) is 23.8 Å². The molecule has 0 radical (unpaired) electrons. The summed E-state index contributed by atoms with van der Waals surface area (Å²) in [5.74, 6) is -0.0603. The van der Waals surface area contributed by atoms with E-state index in [1.165, 1.54) is 18.3 Å². The van der Waals surface area contributed by atoms with Gasteiger partial charge in [0.1, 0.15) is 12.3 Å². The molecule has 0 spiro atoms. The van der Waals surface area contributed by atoms with Gasteiger partial charge in [-0.1, -0.05) is 30.3 Å². The van der Waals surface area contributed by atoms with Gasteiger partial charge in [-0.3, -0.25) is 23.5 Å². The average molecular weight is 536 g/mol. The van der Waals surface area contributed by atoms with Gasteiger partial charge in [-0.05, 0) is 0 Å². The van der Waals surface area contributed by atoms with E-state index >= 15 is 0 Å². The molecule has 0 unspecified atom stereocenters. The maximum Gasteiger partial charge on any atom is 0.389 e. The third kappa shape index (κ3) is 5.17. The lowest BCUT2D eigenvalue weighted by atomic mass is 10.1. The molecule has 13 nitrogen and oxygen atoms in total. The molecule has 4 rings (SSSR count). The third-order valence-electron chi connectivity index (χ3n) is 5.33. The molecule has 34 heavy (non-hydrogen) atoms.